The van der Waals surface area contributed by atoms with Crippen LogP contribution in [0.25, 0.3) is 0 Å². The molecule has 0 saturated heterocycles. The Morgan fingerprint density at radius 1 is 0.614 bits per heavy atom. The van der Waals surface area contributed by atoms with Crippen molar-refractivity contribution in [1.82, 2.24) is 5.09 Å². The first-order chi connectivity index (χ1) is 21.5. The number of ketones is 1. The van der Waals surface area contributed by atoms with Gasteiger partial charge in [0.1, 0.15) is 11.8 Å². The van der Waals surface area contributed by atoms with Crippen molar-refractivity contribution in [1.29, 1.82) is 0 Å². The molecular weight excluding hydrogens is 569 g/mol. The van der Waals surface area contributed by atoms with Crippen LogP contribution in [0.15, 0.2) is 12.2 Å². The Morgan fingerprint density at radius 3 is 1.45 bits per heavy atom. The van der Waals surface area contributed by atoms with Gasteiger partial charge in [-0.1, -0.05) is 154 Å². The van der Waals surface area contributed by atoms with Gasteiger partial charge in [-0.25, -0.2) is 0 Å². The zero-order valence-corrected chi connectivity index (χ0v) is 29.7. The molecule has 0 aliphatic rings. The lowest BCUT2D eigenvalue weighted by Gasteiger charge is -2.17. The highest BCUT2D eigenvalue weighted by Crippen LogP contribution is 2.24. The normalized spacial score (nSPS) is 13.2. The van der Waals surface area contributed by atoms with Gasteiger partial charge in [-0.3, -0.25) is 19.5 Å². The number of nitrogens with one attached hydrogen (secondary N) is 1. The number of rotatable bonds is 35. The van der Waals surface area contributed by atoms with Gasteiger partial charge in [0.15, 0.2) is 5.52 Å². The second-order valence-corrected chi connectivity index (χ2v) is 13.8. The molecule has 0 spiro atoms. The summed E-state index contributed by atoms with van der Waals surface area (Å²) >= 11 is 0. The van der Waals surface area contributed by atoms with Gasteiger partial charge in [0.05, 0.1) is 12.5 Å². The van der Waals surface area contributed by atoms with Gasteiger partial charge >= 0.3 is 5.97 Å². The van der Waals surface area contributed by atoms with E-state index in [1.165, 1.54) is 109 Å². The molecular formula is C37H70NO5P. The SMILES string of the molecule is CCCCCCCC/C=C\CCCCCCC(C(=O)CCCCCCCCCCCCCCC)C(=O)PNC(CO)C(=O)O. The molecule has 0 rings (SSSR count). The molecule has 0 aromatic carbocycles. The number of aliphatic carboxylic acids is 1. The number of allylic oxidation sites excluding steroid dienone is 2. The van der Waals surface area contributed by atoms with Crippen LogP contribution in [0, 0.1) is 5.92 Å². The number of aliphatic hydroxyl groups is 1. The molecule has 0 radical (unpaired) electrons. The van der Waals surface area contributed by atoms with Crippen molar-refractivity contribution in [3.63, 3.8) is 0 Å². The lowest BCUT2D eigenvalue weighted by atomic mass is 9.94. The van der Waals surface area contributed by atoms with Gasteiger partial charge in [0.2, 0.25) is 0 Å². The number of hydrogen-bond acceptors (Lipinski definition) is 5. The van der Waals surface area contributed by atoms with Crippen LogP contribution >= 0.6 is 8.73 Å². The second-order valence-electron chi connectivity index (χ2n) is 12.7. The minimum Gasteiger partial charge on any atom is -0.480 e. The summed E-state index contributed by atoms with van der Waals surface area (Å²) in [5.41, 5.74) is -0.220. The van der Waals surface area contributed by atoms with E-state index in [-0.39, 0.29) is 11.3 Å². The molecule has 0 amide bonds. The molecule has 3 unspecified atom stereocenters. The van der Waals surface area contributed by atoms with E-state index in [9.17, 15) is 19.5 Å². The molecule has 0 aromatic heterocycles. The van der Waals surface area contributed by atoms with Gasteiger partial charge in [-0.15, -0.1) is 0 Å². The van der Waals surface area contributed by atoms with Crippen LogP contribution in [0.4, 0.5) is 0 Å². The predicted molar refractivity (Wildman–Crippen MR) is 189 cm³/mol. The highest BCUT2D eigenvalue weighted by Gasteiger charge is 2.27. The molecule has 6 nitrogen and oxygen atoms in total. The molecule has 0 bridgehead atoms. The smallest absolute Gasteiger partial charge is 0.323 e. The van der Waals surface area contributed by atoms with Crippen LogP contribution < -0.4 is 5.09 Å². The first-order valence-corrected chi connectivity index (χ1v) is 19.5. The largest absolute Gasteiger partial charge is 0.480 e. The Bertz CT molecular complexity index is 714. The lowest BCUT2D eigenvalue weighted by molar-refractivity contribution is -0.139. The summed E-state index contributed by atoms with van der Waals surface area (Å²) in [6.45, 7) is 3.92. The topological polar surface area (TPSA) is 104 Å². The van der Waals surface area contributed by atoms with Crippen molar-refractivity contribution in [3.8, 4) is 0 Å². The quantitative estimate of drug-likeness (QED) is 0.0276. The minimum absolute atomic E-state index is 0.000809. The molecule has 0 aliphatic heterocycles. The molecule has 0 aromatic rings. The van der Waals surface area contributed by atoms with Crippen LogP contribution in [-0.4, -0.2) is 40.1 Å². The fourth-order valence-corrected chi connectivity index (χ4v) is 6.61. The summed E-state index contributed by atoms with van der Waals surface area (Å²) in [7, 11) is -0.486. The third-order valence-corrected chi connectivity index (χ3v) is 9.67. The third kappa shape index (κ3) is 27.2. The van der Waals surface area contributed by atoms with Crippen LogP contribution in [0.3, 0.4) is 0 Å². The third-order valence-electron chi connectivity index (χ3n) is 8.59. The van der Waals surface area contributed by atoms with Crippen molar-refractivity contribution in [2.75, 3.05) is 6.61 Å². The summed E-state index contributed by atoms with van der Waals surface area (Å²) in [4.78, 5) is 37.3. The van der Waals surface area contributed by atoms with Gasteiger partial charge in [-0.05, 0) is 38.5 Å². The van der Waals surface area contributed by atoms with E-state index < -0.39 is 33.3 Å². The molecule has 3 atom stereocenters. The van der Waals surface area contributed by atoms with Gasteiger partial charge in [0.25, 0.3) is 0 Å². The van der Waals surface area contributed by atoms with E-state index in [0.717, 1.165) is 51.4 Å². The minimum atomic E-state index is -1.19. The number of carboxylic acids is 1. The van der Waals surface area contributed by atoms with Crippen molar-refractivity contribution < 1.29 is 24.6 Å². The van der Waals surface area contributed by atoms with E-state index >= 15 is 0 Å². The van der Waals surface area contributed by atoms with Gasteiger partial charge in [-0.2, -0.15) is 0 Å². The summed E-state index contributed by atoms with van der Waals surface area (Å²) < 4.78 is 0. The van der Waals surface area contributed by atoms with Crippen molar-refractivity contribution in [2.45, 2.75) is 193 Å². The average molecular weight is 640 g/mol. The molecule has 44 heavy (non-hydrogen) atoms. The van der Waals surface area contributed by atoms with Crippen molar-refractivity contribution >= 4 is 26.0 Å². The molecule has 0 aliphatic carbocycles. The van der Waals surface area contributed by atoms with E-state index in [0.29, 0.717) is 12.8 Å². The summed E-state index contributed by atoms with van der Waals surface area (Å²) in [5, 5.41) is 21.1. The summed E-state index contributed by atoms with van der Waals surface area (Å²) in [6.07, 6.45) is 36.0. The number of Topliss-reactive ketones (excluding diaryl/α,β-unsaturated/α-hetero) is 1. The average Bonchev–Trinajstić information content (AvgIpc) is 3.01. The Balaban J connectivity index is 4.28. The van der Waals surface area contributed by atoms with E-state index in [1.807, 2.05) is 0 Å². The number of carbonyl (C=O) groups excluding carboxylic acids is 2. The zero-order valence-electron chi connectivity index (χ0n) is 28.7. The molecule has 7 heteroatoms. The maximum Gasteiger partial charge on any atom is 0.323 e. The first kappa shape index (κ1) is 42.9. The van der Waals surface area contributed by atoms with Crippen molar-refractivity contribution in [2.24, 2.45) is 5.92 Å². The van der Waals surface area contributed by atoms with E-state index in [1.54, 1.807) is 0 Å². The molecule has 0 heterocycles. The number of unbranched alkanes of at least 4 members (excludes halogenated alkanes) is 22. The first-order valence-electron chi connectivity index (χ1n) is 18.5. The maximum atomic E-state index is 13.1. The lowest BCUT2D eigenvalue weighted by Crippen LogP contribution is -2.36. The molecule has 0 fully saturated rings. The number of aliphatic hydroxyl groups excluding tert-OH is 1. The van der Waals surface area contributed by atoms with Crippen LogP contribution in [0.5, 0.6) is 0 Å². The van der Waals surface area contributed by atoms with Gasteiger partial charge in [0, 0.05) is 15.2 Å². The molecule has 3 N–H and O–H groups in total. The maximum absolute atomic E-state index is 13.1. The van der Waals surface area contributed by atoms with E-state index in [4.69, 9.17) is 5.11 Å². The van der Waals surface area contributed by atoms with E-state index in [2.05, 4.69) is 31.1 Å². The summed E-state index contributed by atoms with van der Waals surface area (Å²) in [5.74, 6) is -1.85. The Hall–Kier alpha value is -1.10. The Morgan fingerprint density at radius 2 is 1.02 bits per heavy atom. The Kier molecular flexibility index (Phi) is 32.4. The number of carboxylic acid groups (broad SMARTS) is 1. The standard InChI is InChI=1S/C37H70NO5P/c1-3-5-7-9-11-13-15-17-19-20-22-24-26-28-30-33(37(43)44-38-34(32-39)36(41)42)35(40)31-29-27-25-23-21-18-16-14-12-10-8-6-4-2/h17,19,33-34,38-39,44H,3-16,18,20-32H2,1-2H3,(H,41,42)/b19-17-. The van der Waals surface area contributed by atoms with Crippen LogP contribution in [-0.2, 0) is 14.4 Å². The number of hydrogen-bond donors (Lipinski definition) is 3. The Labute approximate surface area is 273 Å². The number of carbonyl (C=O) groups is 3. The zero-order chi connectivity index (χ0) is 32.5. The van der Waals surface area contributed by atoms with Crippen LogP contribution in [0.2, 0.25) is 0 Å². The fraction of sp³-hybridized carbons (Fsp3) is 0.865. The second kappa shape index (κ2) is 33.3. The predicted octanol–water partition coefficient (Wildman–Crippen LogP) is 10.5. The molecule has 258 valence electrons. The molecule has 0 saturated carbocycles. The summed E-state index contributed by atoms with van der Waals surface area (Å²) in [6, 6.07) is -1.18. The fourth-order valence-electron chi connectivity index (χ4n) is 5.60. The monoisotopic (exact) mass is 639 g/mol. The van der Waals surface area contributed by atoms with Crippen molar-refractivity contribution in [3.05, 3.63) is 12.2 Å². The highest BCUT2D eigenvalue weighted by atomic mass is 31.1. The van der Waals surface area contributed by atoms with Gasteiger partial charge < -0.3 is 10.2 Å². The van der Waals surface area contributed by atoms with Crippen LogP contribution in [0.1, 0.15) is 187 Å². The highest BCUT2D eigenvalue weighted by molar-refractivity contribution is 7.56.